The number of piperidine rings is 1. The number of benzene rings is 1. The highest BCUT2D eigenvalue weighted by Crippen LogP contribution is 2.50. The number of halogens is 4. The number of likely N-dealkylation sites (tertiary alicyclic amines) is 2. The molecule has 1 unspecified atom stereocenters. The zero-order chi connectivity index (χ0) is 27.8. The van der Waals surface area contributed by atoms with Gasteiger partial charge in [-0.15, -0.1) is 0 Å². The quantitative estimate of drug-likeness (QED) is 0.591. The second kappa shape index (κ2) is 10.3. The van der Waals surface area contributed by atoms with E-state index in [1.54, 1.807) is 43.1 Å². The van der Waals surface area contributed by atoms with Crippen molar-refractivity contribution in [1.29, 1.82) is 0 Å². The summed E-state index contributed by atoms with van der Waals surface area (Å²) in [5.41, 5.74) is -1.66. The Balaban J connectivity index is 1.50. The fourth-order valence-corrected chi connectivity index (χ4v) is 5.56. The Labute approximate surface area is 218 Å². The van der Waals surface area contributed by atoms with Gasteiger partial charge < -0.3 is 15.1 Å². The summed E-state index contributed by atoms with van der Waals surface area (Å²) in [5, 5.41) is 2.44. The van der Waals surface area contributed by atoms with Crippen LogP contribution in [0.25, 0.3) is 0 Å². The van der Waals surface area contributed by atoms with Gasteiger partial charge in [0.2, 0.25) is 11.8 Å². The number of hydrogen-bond acceptors (Lipinski definition) is 4. The van der Waals surface area contributed by atoms with Crippen molar-refractivity contribution < 1.29 is 31.9 Å². The third-order valence-electron chi connectivity index (χ3n) is 7.71. The Hall–Kier alpha value is -3.50. The number of pyridine rings is 1. The fraction of sp³-hybridized carbons (Fsp3) is 0.481. The van der Waals surface area contributed by atoms with Gasteiger partial charge in [0.15, 0.2) is 0 Å². The van der Waals surface area contributed by atoms with Crippen LogP contribution >= 0.6 is 0 Å². The van der Waals surface area contributed by atoms with Crippen molar-refractivity contribution in [1.82, 2.24) is 20.1 Å². The number of hydrogen-bond donors (Lipinski definition) is 1. The molecule has 38 heavy (non-hydrogen) atoms. The van der Waals surface area contributed by atoms with E-state index in [4.69, 9.17) is 0 Å². The van der Waals surface area contributed by atoms with E-state index < -0.39 is 52.3 Å². The van der Waals surface area contributed by atoms with Crippen LogP contribution in [0.15, 0.2) is 42.7 Å². The molecule has 7 nitrogen and oxygen atoms in total. The van der Waals surface area contributed by atoms with Crippen LogP contribution in [0.5, 0.6) is 0 Å². The standard InChI is InChI=1S/C27H30F4N4O3/c1-16(2)22(33-23(36)19-13-18(27(29,30)31)6-7-21(19)28)24(37)35-11-8-26(9-12-35)20(15-34(3)25(26)38)17-5-4-10-32-14-17/h4-7,10,13-14,16,20,22H,8-9,11-12,15H2,1-3H3,(H,33,36)/t20?,22-/m1/s1. The molecule has 2 saturated heterocycles. The molecule has 0 saturated carbocycles. The third-order valence-corrected chi connectivity index (χ3v) is 7.71. The number of alkyl halides is 3. The molecular weight excluding hydrogens is 504 g/mol. The molecule has 11 heteroatoms. The zero-order valence-corrected chi connectivity index (χ0v) is 21.4. The molecular formula is C27H30F4N4O3. The molecule has 2 aliphatic heterocycles. The average Bonchev–Trinajstić information content (AvgIpc) is 3.12. The molecule has 0 bridgehead atoms. The van der Waals surface area contributed by atoms with Crippen LogP contribution in [0.2, 0.25) is 0 Å². The van der Waals surface area contributed by atoms with E-state index in [1.807, 2.05) is 12.1 Å². The van der Waals surface area contributed by atoms with E-state index >= 15 is 0 Å². The number of nitrogens with one attached hydrogen (secondary N) is 1. The summed E-state index contributed by atoms with van der Waals surface area (Å²) < 4.78 is 53.5. The first kappa shape index (κ1) is 27.5. The predicted octanol–water partition coefficient (Wildman–Crippen LogP) is 3.86. The van der Waals surface area contributed by atoms with Crippen LogP contribution in [0.4, 0.5) is 17.6 Å². The van der Waals surface area contributed by atoms with Crippen molar-refractivity contribution in [2.75, 3.05) is 26.7 Å². The predicted molar refractivity (Wildman–Crippen MR) is 130 cm³/mol. The van der Waals surface area contributed by atoms with Crippen LogP contribution in [-0.2, 0) is 15.8 Å². The Kier molecular flexibility index (Phi) is 7.49. The monoisotopic (exact) mass is 534 g/mol. The molecule has 4 rings (SSSR count). The lowest BCUT2D eigenvalue weighted by molar-refractivity contribution is -0.143. The summed E-state index contributed by atoms with van der Waals surface area (Å²) in [6, 6.07) is 4.28. The number of amides is 3. The molecule has 2 aliphatic rings. The summed E-state index contributed by atoms with van der Waals surface area (Å²) in [6.45, 7) is 4.46. The van der Waals surface area contributed by atoms with Gasteiger partial charge in [-0.1, -0.05) is 19.9 Å². The van der Waals surface area contributed by atoms with E-state index in [0.717, 1.165) is 5.56 Å². The number of aromatic nitrogens is 1. The minimum atomic E-state index is -4.75. The van der Waals surface area contributed by atoms with E-state index in [0.29, 0.717) is 37.6 Å². The summed E-state index contributed by atoms with van der Waals surface area (Å²) in [5.74, 6) is -3.11. The van der Waals surface area contributed by atoms with Crippen molar-refractivity contribution in [2.24, 2.45) is 11.3 Å². The molecule has 204 valence electrons. The second-order valence-electron chi connectivity index (χ2n) is 10.4. The first-order valence-electron chi connectivity index (χ1n) is 12.5. The van der Waals surface area contributed by atoms with Gasteiger partial charge in [0.1, 0.15) is 11.9 Å². The molecule has 1 aromatic carbocycles. The first-order valence-corrected chi connectivity index (χ1v) is 12.5. The summed E-state index contributed by atoms with van der Waals surface area (Å²) in [7, 11) is 1.76. The Morgan fingerprint density at radius 3 is 2.42 bits per heavy atom. The van der Waals surface area contributed by atoms with Gasteiger partial charge in [-0.05, 0) is 48.6 Å². The highest BCUT2D eigenvalue weighted by atomic mass is 19.4. The fourth-order valence-electron chi connectivity index (χ4n) is 5.56. The van der Waals surface area contributed by atoms with Gasteiger partial charge in [0.05, 0.1) is 16.5 Å². The smallest absolute Gasteiger partial charge is 0.345 e. The van der Waals surface area contributed by atoms with Crippen LogP contribution < -0.4 is 5.32 Å². The Bertz CT molecular complexity index is 1210. The zero-order valence-electron chi connectivity index (χ0n) is 21.4. The highest BCUT2D eigenvalue weighted by molar-refractivity contribution is 5.98. The minimum absolute atomic E-state index is 0.0205. The molecule has 2 atom stereocenters. The maximum Gasteiger partial charge on any atom is 0.416 e. The second-order valence-corrected chi connectivity index (χ2v) is 10.4. The van der Waals surface area contributed by atoms with Gasteiger partial charge >= 0.3 is 6.18 Å². The van der Waals surface area contributed by atoms with Gasteiger partial charge in [0.25, 0.3) is 5.91 Å². The number of carbonyl (C=O) groups is 3. The lowest BCUT2D eigenvalue weighted by Gasteiger charge is -2.42. The molecule has 3 heterocycles. The Morgan fingerprint density at radius 1 is 1.16 bits per heavy atom. The van der Waals surface area contributed by atoms with Crippen molar-refractivity contribution in [2.45, 2.75) is 44.8 Å². The van der Waals surface area contributed by atoms with Crippen molar-refractivity contribution >= 4 is 17.7 Å². The molecule has 1 spiro atoms. The maximum atomic E-state index is 14.3. The number of nitrogens with zero attached hydrogens (tertiary/aromatic N) is 3. The SMILES string of the molecule is CC(C)[C@@H](NC(=O)c1cc(C(F)(F)F)ccc1F)C(=O)N1CCC2(CC1)C(=O)N(C)CC2c1cccnc1. The topological polar surface area (TPSA) is 82.6 Å². The van der Waals surface area contributed by atoms with E-state index in [2.05, 4.69) is 10.3 Å². The molecule has 1 aromatic heterocycles. The van der Waals surface area contributed by atoms with Crippen LogP contribution in [0.3, 0.4) is 0 Å². The highest BCUT2D eigenvalue weighted by Gasteiger charge is 2.55. The molecule has 2 aromatic rings. The summed E-state index contributed by atoms with van der Waals surface area (Å²) >= 11 is 0. The largest absolute Gasteiger partial charge is 0.416 e. The van der Waals surface area contributed by atoms with Crippen molar-refractivity contribution in [3.8, 4) is 0 Å². The molecule has 3 amide bonds. The van der Waals surface area contributed by atoms with Gasteiger partial charge in [-0.2, -0.15) is 13.2 Å². The summed E-state index contributed by atoms with van der Waals surface area (Å²) in [4.78, 5) is 46.9. The average molecular weight is 535 g/mol. The minimum Gasteiger partial charge on any atom is -0.345 e. The maximum absolute atomic E-state index is 14.3. The van der Waals surface area contributed by atoms with Crippen LogP contribution in [0, 0.1) is 17.2 Å². The van der Waals surface area contributed by atoms with E-state index in [1.165, 1.54) is 0 Å². The summed E-state index contributed by atoms with van der Waals surface area (Å²) in [6.07, 6.45) is -0.485. The lowest BCUT2D eigenvalue weighted by Crippen LogP contribution is -2.55. The van der Waals surface area contributed by atoms with Crippen molar-refractivity contribution in [3.05, 3.63) is 65.2 Å². The van der Waals surface area contributed by atoms with Gasteiger partial charge in [-0.25, -0.2) is 4.39 Å². The number of likely N-dealkylation sites (N-methyl/N-ethyl adjacent to an activating group) is 1. The third kappa shape index (κ3) is 5.10. The normalized spacial score (nSPS) is 20.2. The van der Waals surface area contributed by atoms with Gasteiger partial charge in [-0.3, -0.25) is 19.4 Å². The van der Waals surface area contributed by atoms with Crippen molar-refractivity contribution in [3.63, 3.8) is 0 Å². The lowest BCUT2D eigenvalue weighted by atomic mass is 9.68. The Morgan fingerprint density at radius 2 is 1.84 bits per heavy atom. The first-order chi connectivity index (χ1) is 17.8. The number of rotatable bonds is 5. The van der Waals surface area contributed by atoms with Gasteiger partial charge in [0, 0.05) is 45.0 Å². The van der Waals surface area contributed by atoms with Crippen LogP contribution in [-0.4, -0.2) is 65.2 Å². The molecule has 2 fully saturated rings. The van der Waals surface area contributed by atoms with E-state index in [-0.39, 0.29) is 24.9 Å². The van der Waals surface area contributed by atoms with E-state index in [9.17, 15) is 31.9 Å². The number of carbonyl (C=O) groups excluding carboxylic acids is 3. The molecule has 0 aliphatic carbocycles. The molecule has 1 N–H and O–H groups in total. The molecule has 0 radical (unpaired) electrons. The van der Waals surface area contributed by atoms with Crippen LogP contribution in [0.1, 0.15) is 54.1 Å².